The molecule has 54 valence electrons. The molecule has 0 aromatic carbocycles. The van der Waals surface area contributed by atoms with Crippen LogP contribution in [0.3, 0.4) is 0 Å². The van der Waals surface area contributed by atoms with Crippen molar-refractivity contribution in [3.8, 4) is 0 Å². The van der Waals surface area contributed by atoms with Crippen molar-refractivity contribution in [1.29, 1.82) is 0 Å². The van der Waals surface area contributed by atoms with Crippen LogP contribution in [0, 0.1) is 5.82 Å². The fraction of sp³-hybridized carbons (Fsp3) is 0.167. The zero-order chi connectivity index (χ0) is 7.56. The number of pyridine rings is 1. The summed E-state index contributed by atoms with van der Waals surface area (Å²) in [6.07, 6.45) is 1.27. The van der Waals surface area contributed by atoms with E-state index in [0.29, 0.717) is 5.56 Å². The van der Waals surface area contributed by atoms with E-state index in [2.05, 4.69) is 4.98 Å². The van der Waals surface area contributed by atoms with Crippen LogP contribution < -0.4 is 5.56 Å². The van der Waals surface area contributed by atoms with Gasteiger partial charge in [0, 0.05) is 17.8 Å². The highest BCUT2D eigenvalue weighted by molar-refractivity contribution is 6.17. The van der Waals surface area contributed by atoms with Crippen LogP contribution in [0.1, 0.15) is 5.56 Å². The second kappa shape index (κ2) is 2.84. The SMILES string of the molecule is O=c1cc(F)c(CCl)c[nH]1. The van der Waals surface area contributed by atoms with Crippen molar-refractivity contribution in [2.45, 2.75) is 5.88 Å². The van der Waals surface area contributed by atoms with Crippen LogP contribution in [-0.2, 0) is 5.88 Å². The molecule has 0 bridgehead atoms. The number of hydrogen-bond donors (Lipinski definition) is 1. The minimum atomic E-state index is -0.557. The molecule has 1 aromatic heterocycles. The van der Waals surface area contributed by atoms with E-state index in [4.69, 9.17) is 11.6 Å². The van der Waals surface area contributed by atoms with Crippen molar-refractivity contribution >= 4 is 11.6 Å². The number of nitrogens with one attached hydrogen (secondary N) is 1. The van der Waals surface area contributed by atoms with Crippen LogP contribution in [0.5, 0.6) is 0 Å². The van der Waals surface area contributed by atoms with Gasteiger partial charge in [-0.2, -0.15) is 0 Å². The Morgan fingerprint density at radius 3 is 2.90 bits per heavy atom. The average Bonchev–Trinajstić information content (AvgIpc) is 1.88. The average molecular weight is 162 g/mol. The summed E-state index contributed by atoms with van der Waals surface area (Å²) in [5.74, 6) is -0.485. The highest BCUT2D eigenvalue weighted by atomic mass is 35.5. The molecule has 0 atom stereocenters. The Labute approximate surface area is 61.6 Å². The predicted molar refractivity (Wildman–Crippen MR) is 36.6 cm³/mol. The summed E-state index contributed by atoms with van der Waals surface area (Å²) >= 11 is 5.32. The van der Waals surface area contributed by atoms with E-state index in [1.807, 2.05) is 0 Å². The Morgan fingerprint density at radius 2 is 2.40 bits per heavy atom. The van der Waals surface area contributed by atoms with Crippen molar-refractivity contribution in [2.24, 2.45) is 0 Å². The lowest BCUT2D eigenvalue weighted by Crippen LogP contribution is -2.05. The van der Waals surface area contributed by atoms with Gasteiger partial charge in [-0.1, -0.05) is 0 Å². The van der Waals surface area contributed by atoms with Gasteiger partial charge in [-0.15, -0.1) is 11.6 Å². The summed E-state index contributed by atoms with van der Waals surface area (Å²) in [4.78, 5) is 12.7. The van der Waals surface area contributed by atoms with Crippen molar-refractivity contribution in [2.75, 3.05) is 0 Å². The molecule has 0 saturated heterocycles. The number of rotatable bonds is 1. The topological polar surface area (TPSA) is 32.9 Å². The molecule has 0 aliphatic carbocycles. The first-order chi connectivity index (χ1) is 4.74. The van der Waals surface area contributed by atoms with Crippen LogP contribution in [0.15, 0.2) is 17.1 Å². The molecule has 1 aromatic rings. The van der Waals surface area contributed by atoms with Crippen LogP contribution in [-0.4, -0.2) is 4.98 Å². The molecule has 0 unspecified atom stereocenters. The molecule has 0 spiro atoms. The maximum Gasteiger partial charge on any atom is 0.250 e. The number of aromatic amines is 1. The first kappa shape index (κ1) is 7.28. The molecule has 0 aliphatic rings. The van der Waals surface area contributed by atoms with Crippen LogP contribution in [0.2, 0.25) is 0 Å². The number of hydrogen-bond acceptors (Lipinski definition) is 1. The summed E-state index contributed by atoms with van der Waals surface area (Å²) < 4.78 is 12.5. The highest BCUT2D eigenvalue weighted by Crippen LogP contribution is 2.04. The molecule has 2 nitrogen and oxygen atoms in total. The molecule has 0 amide bonds. The maximum absolute atomic E-state index is 12.5. The van der Waals surface area contributed by atoms with E-state index in [1.165, 1.54) is 6.20 Å². The Hall–Kier alpha value is -0.830. The Kier molecular flexibility index (Phi) is 2.06. The van der Waals surface area contributed by atoms with Gasteiger partial charge < -0.3 is 4.98 Å². The van der Waals surface area contributed by atoms with Gasteiger partial charge in [0.1, 0.15) is 5.82 Å². The first-order valence-electron chi connectivity index (χ1n) is 2.67. The third kappa shape index (κ3) is 1.36. The minimum absolute atomic E-state index is 0.0720. The van der Waals surface area contributed by atoms with Gasteiger partial charge in [0.25, 0.3) is 5.56 Å². The lowest BCUT2D eigenvalue weighted by molar-refractivity contribution is 0.612. The van der Waals surface area contributed by atoms with Gasteiger partial charge in [-0.25, -0.2) is 4.39 Å². The fourth-order valence-corrected chi connectivity index (χ4v) is 0.784. The molecule has 1 rings (SSSR count). The van der Waals surface area contributed by atoms with Crippen LogP contribution in [0.4, 0.5) is 4.39 Å². The van der Waals surface area contributed by atoms with Crippen molar-refractivity contribution in [3.63, 3.8) is 0 Å². The van der Waals surface area contributed by atoms with E-state index >= 15 is 0 Å². The van der Waals surface area contributed by atoms with Crippen LogP contribution in [0.25, 0.3) is 0 Å². The molecule has 1 heterocycles. The third-order valence-electron chi connectivity index (χ3n) is 1.10. The molecule has 0 aliphatic heterocycles. The van der Waals surface area contributed by atoms with E-state index < -0.39 is 11.4 Å². The van der Waals surface area contributed by atoms with E-state index in [9.17, 15) is 9.18 Å². The summed E-state index contributed by atoms with van der Waals surface area (Å²) in [6, 6.07) is 0.873. The van der Waals surface area contributed by atoms with Gasteiger partial charge in [0.05, 0.1) is 5.88 Å². The fourth-order valence-electron chi connectivity index (χ4n) is 0.579. The lowest BCUT2D eigenvalue weighted by atomic mass is 10.3. The normalized spacial score (nSPS) is 9.80. The molecule has 1 N–H and O–H groups in total. The summed E-state index contributed by atoms with van der Waals surface area (Å²) in [6.45, 7) is 0. The first-order valence-corrected chi connectivity index (χ1v) is 3.20. The van der Waals surface area contributed by atoms with E-state index in [1.54, 1.807) is 0 Å². The van der Waals surface area contributed by atoms with Gasteiger partial charge in [0.15, 0.2) is 0 Å². The van der Waals surface area contributed by atoms with Gasteiger partial charge in [0.2, 0.25) is 0 Å². The monoisotopic (exact) mass is 161 g/mol. The second-order valence-corrected chi connectivity index (χ2v) is 2.07. The molecule has 0 fully saturated rings. The third-order valence-corrected chi connectivity index (χ3v) is 1.39. The Morgan fingerprint density at radius 1 is 1.70 bits per heavy atom. The zero-order valence-electron chi connectivity index (χ0n) is 5.03. The molecular formula is C6H5ClFNO. The van der Waals surface area contributed by atoms with Crippen molar-refractivity contribution in [3.05, 3.63) is 34.0 Å². The second-order valence-electron chi connectivity index (χ2n) is 1.80. The standard InChI is InChI=1S/C6H5ClFNO/c7-2-4-3-9-6(10)1-5(4)8/h1,3H,2H2,(H,9,10). The minimum Gasteiger partial charge on any atom is -0.329 e. The van der Waals surface area contributed by atoms with Crippen molar-refractivity contribution in [1.82, 2.24) is 4.98 Å². The Balaban J connectivity index is 3.19. The molecule has 0 saturated carbocycles. The summed E-state index contributed by atoms with van der Waals surface area (Å²) in [5, 5.41) is 0. The van der Waals surface area contributed by atoms with E-state index in [-0.39, 0.29) is 5.88 Å². The predicted octanol–water partition coefficient (Wildman–Crippen LogP) is 1.25. The highest BCUT2D eigenvalue weighted by Gasteiger charge is 1.98. The molecule has 4 heteroatoms. The summed E-state index contributed by atoms with van der Waals surface area (Å²) in [7, 11) is 0. The Bertz CT molecular complexity index is 283. The number of halogens is 2. The van der Waals surface area contributed by atoms with Gasteiger partial charge in [-0.05, 0) is 0 Å². The quantitative estimate of drug-likeness (QED) is 0.618. The van der Waals surface area contributed by atoms with Crippen LogP contribution >= 0.6 is 11.6 Å². The smallest absolute Gasteiger partial charge is 0.250 e. The molecule has 10 heavy (non-hydrogen) atoms. The summed E-state index contributed by atoms with van der Waals surface area (Å²) in [5.41, 5.74) is -0.146. The van der Waals surface area contributed by atoms with E-state index in [0.717, 1.165) is 6.07 Å². The molecule has 0 radical (unpaired) electrons. The number of H-pyrrole nitrogens is 1. The van der Waals surface area contributed by atoms with Crippen molar-refractivity contribution < 1.29 is 4.39 Å². The van der Waals surface area contributed by atoms with Gasteiger partial charge in [-0.3, -0.25) is 4.79 Å². The van der Waals surface area contributed by atoms with Gasteiger partial charge >= 0.3 is 0 Å². The lowest BCUT2D eigenvalue weighted by Gasteiger charge is -1.93. The maximum atomic E-state index is 12.5. The largest absolute Gasteiger partial charge is 0.329 e. The molecular weight excluding hydrogens is 157 g/mol. The number of alkyl halides is 1. The zero-order valence-corrected chi connectivity index (χ0v) is 5.78. The number of aromatic nitrogens is 1.